The highest BCUT2D eigenvalue weighted by Gasteiger charge is 2.22. The topological polar surface area (TPSA) is 0 Å². The lowest BCUT2D eigenvalue weighted by molar-refractivity contribution is 1.64. The first-order valence-corrected chi connectivity index (χ1v) is 15.2. The molecule has 0 aliphatic heterocycles. The molecule has 4 heteroatoms. The largest absolute Gasteiger partial charge is 0.140 e. The Morgan fingerprint density at radius 3 is 1.19 bits per heavy atom. The van der Waals surface area contributed by atoms with Crippen LogP contribution in [0.1, 0.15) is 9.75 Å². The molecule has 36 heavy (non-hydrogen) atoms. The fourth-order valence-electron chi connectivity index (χ4n) is 4.93. The van der Waals surface area contributed by atoms with Crippen LogP contribution in [0.5, 0.6) is 0 Å². The fourth-order valence-corrected chi connectivity index (χ4v) is 9.32. The summed E-state index contributed by atoms with van der Waals surface area (Å²) < 4.78 is 2.75. The highest BCUT2D eigenvalue weighted by molar-refractivity contribution is 7.28. The molecular formula is C32H22S4. The Kier molecular flexibility index (Phi) is 5.44. The first-order chi connectivity index (χ1) is 17.7. The van der Waals surface area contributed by atoms with Gasteiger partial charge in [0.25, 0.3) is 0 Å². The van der Waals surface area contributed by atoms with Crippen LogP contribution in [-0.2, 0) is 0 Å². The van der Waals surface area contributed by atoms with Gasteiger partial charge in [-0.15, -0.1) is 45.3 Å². The minimum atomic E-state index is 1.29. The van der Waals surface area contributed by atoms with Gasteiger partial charge >= 0.3 is 0 Å². The van der Waals surface area contributed by atoms with Crippen LogP contribution < -0.4 is 0 Å². The van der Waals surface area contributed by atoms with Crippen LogP contribution in [0, 0.1) is 13.8 Å². The molecule has 7 aromatic rings. The number of hydrogen-bond acceptors (Lipinski definition) is 4. The van der Waals surface area contributed by atoms with Crippen molar-refractivity contribution in [1.82, 2.24) is 0 Å². The molecule has 0 aliphatic carbocycles. The third kappa shape index (κ3) is 3.68. The van der Waals surface area contributed by atoms with Gasteiger partial charge in [0.15, 0.2) is 0 Å². The molecule has 7 rings (SSSR count). The van der Waals surface area contributed by atoms with E-state index < -0.39 is 0 Å². The number of benzene rings is 3. The normalized spacial score (nSPS) is 11.6. The maximum Gasteiger partial charge on any atom is 0.0455 e. The summed E-state index contributed by atoms with van der Waals surface area (Å²) in [5.74, 6) is 0. The molecule has 0 amide bonds. The lowest BCUT2D eigenvalue weighted by atomic mass is 9.93. The van der Waals surface area contributed by atoms with E-state index in [1.165, 1.54) is 71.7 Å². The summed E-state index contributed by atoms with van der Waals surface area (Å²) in [7, 11) is 0. The van der Waals surface area contributed by atoms with Crippen molar-refractivity contribution >= 4 is 65.5 Å². The van der Waals surface area contributed by atoms with Crippen molar-refractivity contribution in [2.45, 2.75) is 13.8 Å². The average molecular weight is 535 g/mol. The zero-order chi connectivity index (χ0) is 24.2. The summed E-state index contributed by atoms with van der Waals surface area (Å²) in [4.78, 5) is 8.11. The van der Waals surface area contributed by atoms with E-state index in [1.807, 2.05) is 45.3 Å². The second kappa shape index (κ2) is 8.82. The van der Waals surface area contributed by atoms with Crippen LogP contribution in [0.2, 0.25) is 0 Å². The molecule has 0 saturated carbocycles. The van der Waals surface area contributed by atoms with E-state index in [1.54, 1.807) is 0 Å². The highest BCUT2D eigenvalue weighted by Crippen LogP contribution is 2.52. The number of hydrogen-bond donors (Lipinski definition) is 0. The highest BCUT2D eigenvalue weighted by atomic mass is 32.1. The van der Waals surface area contributed by atoms with Crippen LogP contribution in [0.4, 0.5) is 0 Å². The Hall–Kier alpha value is -3.02. The van der Waals surface area contributed by atoms with Crippen LogP contribution in [0.3, 0.4) is 0 Å². The zero-order valence-corrected chi connectivity index (χ0v) is 23.1. The molecule has 0 saturated heterocycles. The van der Waals surface area contributed by atoms with Crippen LogP contribution in [0.15, 0.2) is 97.1 Å². The second-order valence-corrected chi connectivity index (χ2v) is 13.7. The molecule has 0 radical (unpaired) electrons. The van der Waals surface area contributed by atoms with Gasteiger partial charge in [-0.25, -0.2) is 0 Å². The van der Waals surface area contributed by atoms with Gasteiger partial charge in [-0.3, -0.25) is 0 Å². The molecule has 0 unspecified atom stereocenters. The molecule has 3 aromatic carbocycles. The van der Waals surface area contributed by atoms with Gasteiger partial charge in [0.2, 0.25) is 0 Å². The summed E-state index contributed by atoms with van der Waals surface area (Å²) in [6.07, 6.45) is 0. The van der Waals surface area contributed by atoms with E-state index in [9.17, 15) is 0 Å². The van der Waals surface area contributed by atoms with Crippen molar-refractivity contribution in [2.75, 3.05) is 0 Å². The first kappa shape index (κ1) is 22.2. The summed E-state index contributed by atoms with van der Waals surface area (Å²) in [6.45, 7) is 4.38. The minimum Gasteiger partial charge on any atom is -0.140 e. The van der Waals surface area contributed by atoms with E-state index in [-0.39, 0.29) is 0 Å². The van der Waals surface area contributed by atoms with Crippen molar-refractivity contribution in [1.29, 1.82) is 0 Å². The molecule has 4 aromatic heterocycles. The van der Waals surface area contributed by atoms with Gasteiger partial charge in [-0.2, -0.15) is 0 Å². The van der Waals surface area contributed by atoms with E-state index in [0.29, 0.717) is 0 Å². The molecule has 0 N–H and O–H groups in total. The van der Waals surface area contributed by atoms with Crippen LogP contribution in [-0.4, -0.2) is 0 Å². The summed E-state index contributed by atoms with van der Waals surface area (Å²) >= 11 is 7.64. The van der Waals surface area contributed by atoms with Crippen LogP contribution in [0.25, 0.3) is 61.9 Å². The molecule has 0 nitrogen and oxygen atoms in total. The SMILES string of the molecule is Cc1ccc(-c2cc3c(-c4ccccc4)c4sc(-c5ccc(C)s5)cc4c(-c4ccccc4)c3s2)s1. The van der Waals surface area contributed by atoms with Crippen molar-refractivity contribution in [2.24, 2.45) is 0 Å². The summed E-state index contributed by atoms with van der Waals surface area (Å²) in [6, 6.07) is 35.8. The van der Waals surface area contributed by atoms with E-state index in [0.717, 1.165) is 0 Å². The number of rotatable bonds is 4. The summed E-state index contributed by atoms with van der Waals surface area (Å²) in [5, 5.41) is 2.71. The van der Waals surface area contributed by atoms with Gasteiger partial charge in [-0.05, 0) is 61.4 Å². The van der Waals surface area contributed by atoms with Gasteiger partial charge < -0.3 is 0 Å². The molecule has 174 valence electrons. The first-order valence-electron chi connectivity index (χ1n) is 11.9. The lowest BCUT2D eigenvalue weighted by Crippen LogP contribution is -1.84. The van der Waals surface area contributed by atoms with Crippen molar-refractivity contribution in [3.63, 3.8) is 0 Å². The van der Waals surface area contributed by atoms with E-state index in [2.05, 4.69) is 111 Å². The maximum absolute atomic E-state index is 2.44. The zero-order valence-electron chi connectivity index (χ0n) is 19.9. The standard InChI is InChI=1S/C32H22S4/c1-19-13-15-25(33-19)27-17-23-29(21-9-5-3-6-10-21)32-24(18-28(36-32)26-16-14-20(2)34-26)30(31(23)35-27)22-11-7-4-8-12-22/h3-18H,1-2H3. The number of fused-ring (bicyclic) bond motifs is 2. The quantitative estimate of drug-likeness (QED) is 0.211. The van der Waals surface area contributed by atoms with Gasteiger partial charge in [0, 0.05) is 60.6 Å². The van der Waals surface area contributed by atoms with Crippen molar-refractivity contribution < 1.29 is 0 Å². The Labute approximate surface area is 226 Å². The average Bonchev–Trinajstić information content (AvgIpc) is 3.69. The van der Waals surface area contributed by atoms with Gasteiger partial charge in [0.05, 0.1) is 0 Å². The predicted molar refractivity (Wildman–Crippen MR) is 164 cm³/mol. The Balaban J connectivity index is 1.64. The monoisotopic (exact) mass is 534 g/mol. The minimum absolute atomic E-state index is 1.29. The Morgan fingerprint density at radius 2 is 0.833 bits per heavy atom. The smallest absolute Gasteiger partial charge is 0.0455 e. The predicted octanol–water partition coefficient (Wildman–Crippen LogP) is 11.5. The second-order valence-electron chi connectivity index (χ2n) is 9.01. The number of thiophene rings is 4. The van der Waals surface area contributed by atoms with Crippen molar-refractivity contribution in [3.8, 4) is 41.8 Å². The molecule has 0 bridgehead atoms. The third-order valence-electron chi connectivity index (χ3n) is 6.55. The Morgan fingerprint density at radius 1 is 0.417 bits per heavy atom. The lowest BCUT2D eigenvalue weighted by Gasteiger charge is -2.12. The fraction of sp³-hybridized carbons (Fsp3) is 0.0625. The number of aryl methyl sites for hydroxylation is 2. The van der Waals surface area contributed by atoms with Gasteiger partial charge in [0.1, 0.15) is 0 Å². The van der Waals surface area contributed by atoms with E-state index in [4.69, 9.17) is 0 Å². The summed E-state index contributed by atoms with van der Waals surface area (Å²) in [5.41, 5.74) is 5.30. The van der Waals surface area contributed by atoms with Gasteiger partial charge in [-0.1, -0.05) is 60.7 Å². The van der Waals surface area contributed by atoms with Crippen molar-refractivity contribution in [3.05, 3.63) is 107 Å². The molecule has 0 spiro atoms. The molecule has 4 heterocycles. The van der Waals surface area contributed by atoms with E-state index >= 15 is 0 Å². The molecule has 0 atom stereocenters. The molecule has 0 fully saturated rings. The maximum atomic E-state index is 2.44. The van der Waals surface area contributed by atoms with Crippen LogP contribution >= 0.6 is 45.3 Å². The molecular weight excluding hydrogens is 513 g/mol. The molecule has 0 aliphatic rings. The third-order valence-corrected chi connectivity index (χ3v) is 11.2. The Bertz CT molecular complexity index is 1650.